The Balaban J connectivity index is 2.03. The van der Waals surface area contributed by atoms with Gasteiger partial charge in [-0.1, -0.05) is 20.8 Å². The molecule has 1 N–H and O–H groups in total. The zero-order chi connectivity index (χ0) is 13.7. The Kier molecular flexibility index (Phi) is 2.75. The highest BCUT2D eigenvalue weighted by Gasteiger charge is 2.42. The number of anilines is 1. The Morgan fingerprint density at radius 2 is 2.16 bits per heavy atom. The van der Waals surface area contributed by atoms with Gasteiger partial charge < -0.3 is 5.32 Å². The fourth-order valence-electron chi connectivity index (χ4n) is 2.08. The molecule has 102 valence electrons. The number of alkyl halides is 1. The minimum Gasteiger partial charge on any atom is -0.362 e. The van der Waals surface area contributed by atoms with Crippen molar-refractivity contribution in [3.8, 4) is 0 Å². The van der Waals surface area contributed by atoms with Crippen molar-refractivity contribution in [2.45, 2.75) is 44.6 Å². The number of halogens is 1. The summed E-state index contributed by atoms with van der Waals surface area (Å²) in [6, 6.07) is 2.11. The van der Waals surface area contributed by atoms with Gasteiger partial charge in [0.2, 0.25) is 0 Å². The van der Waals surface area contributed by atoms with E-state index >= 15 is 0 Å². The van der Waals surface area contributed by atoms with Crippen LogP contribution in [0.1, 0.15) is 39.3 Å². The van der Waals surface area contributed by atoms with E-state index in [2.05, 4.69) is 42.2 Å². The van der Waals surface area contributed by atoms with Crippen LogP contribution in [0.15, 0.2) is 18.5 Å². The van der Waals surface area contributed by atoms with Crippen LogP contribution in [0.3, 0.4) is 0 Å². The normalized spacial score (nSPS) is 17.7. The summed E-state index contributed by atoms with van der Waals surface area (Å²) in [7, 11) is 0. The van der Waals surface area contributed by atoms with E-state index in [1.54, 1.807) is 6.20 Å². The van der Waals surface area contributed by atoms with E-state index in [9.17, 15) is 0 Å². The van der Waals surface area contributed by atoms with Gasteiger partial charge in [-0.15, -0.1) is 11.6 Å². The summed E-state index contributed by atoms with van der Waals surface area (Å²) in [5.74, 6) is 1.50. The molecule has 4 nitrogen and oxygen atoms in total. The van der Waals surface area contributed by atoms with Gasteiger partial charge in [0.25, 0.3) is 0 Å². The molecule has 0 aliphatic heterocycles. The Hall–Kier alpha value is -1.29. The largest absolute Gasteiger partial charge is 0.362 e. The number of rotatable bonds is 3. The van der Waals surface area contributed by atoms with Crippen molar-refractivity contribution in [1.82, 2.24) is 14.6 Å². The van der Waals surface area contributed by atoms with Crippen LogP contribution in [0.4, 0.5) is 5.82 Å². The van der Waals surface area contributed by atoms with Crippen molar-refractivity contribution in [3.63, 3.8) is 0 Å². The van der Waals surface area contributed by atoms with E-state index in [0.29, 0.717) is 5.88 Å². The summed E-state index contributed by atoms with van der Waals surface area (Å²) < 4.78 is 1.89. The molecule has 0 aromatic carbocycles. The predicted octanol–water partition coefficient (Wildman–Crippen LogP) is 3.21. The minimum absolute atomic E-state index is 0.0348. The lowest BCUT2D eigenvalue weighted by molar-refractivity contribution is 0.562. The van der Waals surface area contributed by atoms with Gasteiger partial charge in [-0.3, -0.25) is 0 Å². The maximum Gasteiger partial charge on any atom is 0.152 e. The molecule has 0 radical (unpaired) electrons. The third kappa shape index (κ3) is 2.29. The molecule has 5 heteroatoms. The highest BCUT2D eigenvalue weighted by atomic mass is 35.5. The first-order chi connectivity index (χ1) is 8.93. The first-order valence-corrected chi connectivity index (χ1v) is 7.16. The van der Waals surface area contributed by atoms with Crippen molar-refractivity contribution >= 4 is 22.9 Å². The molecule has 0 bridgehead atoms. The Bertz CT molecular complexity index is 607. The van der Waals surface area contributed by atoms with Crippen molar-refractivity contribution in [2.75, 3.05) is 11.2 Å². The highest BCUT2D eigenvalue weighted by Crippen LogP contribution is 2.40. The minimum atomic E-state index is 0.0348. The van der Waals surface area contributed by atoms with Gasteiger partial charge in [-0.2, -0.15) is 5.10 Å². The van der Waals surface area contributed by atoms with Crippen LogP contribution in [0.25, 0.3) is 5.52 Å². The van der Waals surface area contributed by atoms with E-state index in [0.717, 1.165) is 29.9 Å². The SMILES string of the molecule is CC(C)(C)c1cc2c(NC3(CCl)CC3)nccn2n1. The van der Waals surface area contributed by atoms with E-state index in [4.69, 9.17) is 11.6 Å². The molecule has 1 aliphatic rings. The Morgan fingerprint density at radius 3 is 2.74 bits per heavy atom. The fraction of sp³-hybridized carbons (Fsp3) is 0.571. The summed E-state index contributed by atoms with van der Waals surface area (Å²) in [5.41, 5.74) is 2.17. The van der Waals surface area contributed by atoms with Gasteiger partial charge in [0, 0.05) is 23.7 Å². The summed E-state index contributed by atoms with van der Waals surface area (Å²) in [6.45, 7) is 6.49. The fourth-order valence-corrected chi connectivity index (χ4v) is 2.41. The van der Waals surface area contributed by atoms with Gasteiger partial charge >= 0.3 is 0 Å². The molecular weight excluding hydrogens is 260 g/mol. The van der Waals surface area contributed by atoms with Crippen LogP contribution in [0.5, 0.6) is 0 Å². The number of hydrogen-bond acceptors (Lipinski definition) is 3. The Labute approximate surface area is 118 Å². The smallest absolute Gasteiger partial charge is 0.152 e. The van der Waals surface area contributed by atoms with Gasteiger partial charge in [-0.25, -0.2) is 9.50 Å². The monoisotopic (exact) mass is 278 g/mol. The molecule has 0 amide bonds. The van der Waals surface area contributed by atoms with E-state index < -0.39 is 0 Å². The van der Waals surface area contributed by atoms with Crippen LogP contribution < -0.4 is 5.32 Å². The molecule has 2 aromatic heterocycles. The maximum atomic E-state index is 6.02. The maximum absolute atomic E-state index is 6.02. The average Bonchev–Trinajstić information content (AvgIpc) is 2.96. The zero-order valence-electron chi connectivity index (χ0n) is 11.6. The summed E-state index contributed by atoms with van der Waals surface area (Å²) >= 11 is 6.02. The molecule has 0 unspecified atom stereocenters. The predicted molar refractivity (Wildman–Crippen MR) is 78.0 cm³/mol. The number of hydrogen-bond donors (Lipinski definition) is 1. The summed E-state index contributed by atoms with van der Waals surface area (Å²) in [5, 5.41) is 8.11. The molecule has 0 saturated heterocycles. The Morgan fingerprint density at radius 1 is 1.42 bits per heavy atom. The zero-order valence-corrected chi connectivity index (χ0v) is 12.3. The molecular formula is C14H19ClN4. The standard InChI is InChI=1S/C14H19ClN4/c1-13(2,3)11-8-10-12(16-6-7-19(10)18-11)17-14(9-15)4-5-14/h6-8H,4-5,9H2,1-3H3,(H,16,17). The number of nitrogens with zero attached hydrogens (tertiary/aromatic N) is 3. The first-order valence-electron chi connectivity index (χ1n) is 6.63. The van der Waals surface area contributed by atoms with Crippen LogP contribution in [0, 0.1) is 0 Å². The number of aromatic nitrogens is 3. The molecule has 19 heavy (non-hydrogen) atoms. The van der Waals surface area contributed by atoms with Crippen LogP contribution in [0.2, 0.25) is 0 Å². The van der Waals surface area contributed by atoms with Gasteiger partial charge in [0.1, 0.15) is 5.52 Å². The van der Waals surface area contributed by atoms with Crippen molar-refractivity contribution < 1.29 is 0 Å². The lowest BCUT2D eigenvalue weighted by Crippen LogP contribution is -2.24. The van der Waals surface area contributed by atoms with Crippen molar-refractivity contribution in [1.29, 1.82) is 0 Å². The topological polar surface area (TPSA) is 42.2 Å². The molecule has 2 heterocycles. The molecule has 1 aliphatic carbocycles. The number of fused-ring (bicyclic) bond motifs is 1. The summed E-state index contributed by atoms with van der Waals surface area (Å²) in [6.07, 6.45) is 5.88. The van der Waals surface area contributed by atoms with Crippen LogP contribution >= 0.6 is 11.6 Å². The number of nitrogens with one attached hydrogen (secondary N) is 1. The van der Waals surface area contributed by atoms with E-state index in [1.807, 2.05) is 10.7 Å². The van der Waals surface area contributed by atoms with Crippen LogP contribution in [-0.4, -0.2) is 26.0 Å². The van der Waals surface area contributed by atoms with Gasteiger partial charge in [0.15, 0.2) is 5.82 Å². The van der Waals surface area contributed by atoms with Crippen LogP contribution in [-0.2, 0) is 5.41 Å². The average molecular weight is 279 g/mol. The van der Waals surface area contributed by atoms with Crippen molar-refractivity contribution in [3.05, 3.63) is 24.2 Å². The summed E-state index contributed by atoms with van der Waals surface area (Å²) in [4.78, 5) is 4.44. The molecule has 0 spiro atoms. The molecule has 3 rings (SSSR count). The second-order valence-corrected chi connectivity index (χ2v) is 6.69. The lowest BCUT2D eigenvalue weighted by Gasteiger charge is -2.15. The third-order valence-corrected chi connectivity index (χ3v) is 4.16. The molecule has 0 atom stereocenters. The highest BCUT2D eigenvalue weighted by molar-refractivity contribution is 6.19. The second kappa shape index (κ2) is 4.10. The quantitative estimate of drug-likeness (QED) is 0.877. The first kappa shape index (κ1) is 12.7. The molecule has 1 fully saturated rings. The third-order valence-electron chi connectivity index (χ3n) is 3.65. The van der Waals surface area contributed by atoms with E-state index in [-0.39, 0.29) is 11.0 Å². The van der Waals surface area contributed by atoms with E-state index in [1.165, 1.54) is 0 Å². The van der Waals surface area contributed by atoms with Gasteiger partial charge in [0.05, 0.1) is 11.2 Å². The molecule has 2 aromatic rings. The van der Waals surface area contributed by atoms with Crippen molar-refractivity contribution in [2.24, 2.45) is 0 Å². The molecule has 1 saturated carbocycles. The lowest BCUT2D eigenvalue weighted by atomic mass is 9.92. The van der Waals surface area contributed by atoms with Gasteiger partial charge in [-0.05, 0) is 18.9 Å². The second-order valence-electron chi connectivity index (χ2n) is 6.42.